The van der Waals surface area contributed by atoms with Gasteiger partial charge in [0, 0.05) is 0 Å². The van der Waals surface area contributed by atoms with E-state index in [1.54, 1.807) is 6.92 Å². The predicted molar refractivity (Wildman–Crippen MR) is 56.0 cm³/mol. The SMILES string of the molecule is CC(=O)[CH](C)[Sn][CH2]c1ccccc1. The fourth-order valence-electron chi connectivity index (χ4n) is 1.01. The Balaban J connectivity index is 2.39. The van der Waals surface area contributed by atoms with Gasteiger partial charge in [-0.1, -0.05) is 0 Å². The normalized spacial score (nSPS) is 12.5. The molecular formula is C11H14OSn. The Hall–Kier alpha value is -0.311. The van der Waals surface area contributed by atoms with Gasteiger partial charge in [-0.05, 0) is 0 Å². The molecule has 0 aromatic heterocycles. The van der Waals surface area contributed by atoms with E-state index < -0.39 is 21.1 Å². The molecule has 13 heavy (non-hydrogen) atoms. The van der Waals surface area contributed by atoms with Crippen molar-refractivity contribution < 1.29 is 4.79 Å². The summed E-state index contributed by atoms with van der Waals surface area (Å²) in [7, 11) is 0. The molecule has 0 aliphatic heterocycles. The van der Waals surface area contributed by atoms with E-state index in [0.717, 1.165) is 0 Å². The summed E-state index contributed by atoms with van der Waals surface area (Å²) in [5.74, 6) is 0.363. The molecule has 2 radical (unpaired) electrons. The summed E-state index contributed by atoms with van der Waals surface area (Å²) in [6.07, 6.45) is 0. The summed E-state index contributed by atoms with van der Waals surface area (Å²) < 4.78 is 1.54. The van der Waals surface area contributed by atoms with Crippen molar-refractivity contribution in [1.29, 1.82) is 0 Å². The number of hydrogen-bond donors (Lipinski definition) is 0. The van der Waals surface area contributed by atoms with Gasteiger partial charge in [0.15, 0.2) is 0 Å². The molecule has 1 aromatic rings. The van der Waals surface area contributed by atoms with Crippen LogP contribution in [0.2, 0.25) is 3.93 Å². The number of ketones is 1. The monoisotopic (exact) mass is 282 g/mol. The van der Waals surface area contributed by atoms with Crippen molar-refractivity contribution in [2.45, 2.75) is 22.2 Å². The predicted octanol–water partition coefficient (Wildman–Crippen LogP) is 2.29. The Morgan fingerprint density at radius 3 is 2.54 bits per heavy atom. The first-order valence-electron chi connectivity index (χ1n) is 4.48. The first-order valence-corrected chi connectivity index (χ1v) is 8.14. The molecule has 68 valence electrons. The zero-order valence-corrected chi connectivity index (χ0v) is 10.9. The number of carbonyl (C=O) groups excluding carboxylic acids is 1. The first kappa shape index (κ1) is 10.8. The van der Waals surface area contributed by atoms with Crippen LogP contribution in [0, 0.1) is 0 Å². The molecule has 0 N–H and O–H groups in total. The van der Waals surface area contributed by atoms with E-state index in [9.17, 15) is 4.79 Å². The van der Waals surface area contributed by atoms with Gasteiger partial charge in [0.1, 0.15) is 0 Å². The van der Waals surface area contributed by atoms with Gasteiger partial charge in [-0.2, -0.15) is 0 Å². The van der Waals surface area contributed by atoms with Gasteiger partial charge in [0.2, 0.25) is 0 Å². The molecule has 0 heterocycles. The van der Waals surface area contributed by atoms with Crippen molar-refractivity contribution in [3.05, 3.63) is 35.9 Å². The van der Waals surface area contributed by atoms with Crippen LogP contribution < -0.4 is 0 Å². The average Bonchev–Trinajstić information content (AvgIpc) is 2.15. The molecule has 0 amide bonds. The third kappa shape index (κ3) is 3.94. The second-order valence-electron chi connectivity index (χ2n) is 3.20. The quantitative estimate of drug-likeness (QED) is 0.774. The Morgan fingerprint density at radius 2 is 2.00 bits per heavy atom. The minimum atomic E-state index is -0.532. The van der Waals surface area contributed by atoms with Crippen molar-refractivity contribution in [2.24, 2.45) is 0 Å². The van der Waals surface area contributed by atoms with Gasteiger partial charge in [0.25, 0.3) is 0 Å². The summed E-state index contributed by atoms with van der Waals surface area (Å²) in [5, 5.41) is 0. The van der Waals surface area contributed by atoms with Crippen LogP contribution in [0.25, 0.3) is 0 Å². The Kier molecular flexibility index (Phi) is 4.49. The fourth-order valence-corrected chi connectivity index (χ4v) is 4.05. The minimum absolute atomic E-state index is 0.363. The van der Waals surface area contributed by atoms with Crippen LogP contribution >= 0.6 is 0 Å². The molecule has 1 unspecified atom stereocenters. The first-order chi connectivity index (χ1) is 6.20. The zero-order valence-electron chi connectivity index (χ0n) is 8.08. The van der Waals surface area contributed by atoms with Crippen LogP contribution in [0.1, 0.15) is 19.4 Å². The maximum atomic E-state index is 11.0. The zero-order chi connectivity index (χ0) is 9.68. The van der Waals surface area contributed by atoms with E-state index in [2.05, 4.69) is 31.2 Å². The van der Waals surface area contributed by atoms with Crippen molar-refractivity contribution in [3.8, 4) is 0 Å². The van der Waals surface area contributed by atoms with Crippen LogP contribution in [0.4, 0.5) is 0 Å². The molecule has 0 spiro atoms. The number of hydrogen-bond acceptors (Lipinski definition) is 1. The topological polar surface area (TPSA) is 17.1 Å². The number of Topliss-reactive ketones (excluding diaryl/α,β-unsaturated/α-hetero) is 1. The van der Waals surface area contributed by atoms with Gasteiger partial charge < -0.3 is 0 Å². The van der Waals surface area contributed by atoms with Crippen LogP contribution in [-0.4, -0.2) is 26.9 Å². The number of carbonyl (C=O) groups is 1. The molecule has 0 saturated heterocycles. The van der Waals surface area contributed by atoms with E-state index in [0.29, 0.717) is 9.72 Å². The number of rotatable bonds is 4. The van der Waals surface area contributed by atoms with Crippen molar-refractivity contribution in [1.82, 2.24) is 0 Å². The number of benzene rings is 1. The van der Waals surface area contributed by atoms with Crippen LogP contribution in [-0.2, 0) is 9.23 Å². The third-order valence-corrected chi connectivity index (χ3v) is 6.72. The van der Waals surface area contributed by atoms with E-state index in [1.165, 1.54) is 10.0 Å². The van der Waals surface area contributed by atoms with E-state index >= 15 is 0 Å². The Labute approximate surface area is 89.8 Å². The molecule has 1 rings (SSSR count). The standard InChI is InChI=1S/C7H7.C4H7O.Sn/c1-7-5-3-2-4-6-7;1-3-4(2)5;/h2-6H,1H2;3H,1-2H3;. The van der Waals surface area contributed by atoms with Crippen LogP contribution in [0.3, 0.4) is 0 Å². The fraction of sp³-hybridized carbons (Fsp3) is 0.364. The Bertz CT molecular complexity index is 269. The summed E-state index contributed by atoms with van der Waals surface area (Å²) in [6.45, 7) is 3.77. The van der Waals surface area contributed by atoms with Gasteiger partial charge in [0.05, 0.1) is 0 Å². The van der Waals surface area contributed by atoms with Gasteiger partial charge in [-0.15, -0.1) is 0 Å². The average molecular weight is 281 g/mol. The molecule has 1 atom stereocenters. The van der Waals surface area contributed by atoms with Crippen molar-refractivity contribution in [2.75, 3.05) is 0 Å². The van der Waals surface area contributed by atoms with Gasteiger partial charge in [-0.3, -0.25) is 0 Å². The second kappa shape index (κ2) is 5.43. The van der Waals surface area contributed by atoms with Crippen LogP contribution in [0.5, 0.6) is 0 Å². The summed E-state index contributed by atoms with van der Waals surface area (Å²) in [6, 6.07) is 10.4. The Morgan fingerprint density at radius 1 is 1.38 bits per heavy atom. The molecule has 0 saturated carbocycles. The van der Waals surface area contributed by atoms with Gasteiger partial charge >= 0.3 is 89.8 Å². The summed E-state index contributed by atoms with van der Waals surface area (Å²) >= 11 is -0.532. The molecule has 1 aromatic carbocycles. The van der Waals surface area contributed by atoms with E-state index in [4.69, 9.17) is 0 Å². The molecule has 2 heteroatoms. The van der Waals surface area contributed by atoms with Crippen LogP contribution in [0.15, 0.2) is 30.3 Å². The van der Waals surface area contributed by atoms with E-state index in [-0.39, 0.29) is 0 Å². The molecule has 0 bridgehead atoms. The molecule has 0 fully saturated rings. The third-order valence-electron chi connectivity index (χ3n) is 2.06. The van der Waals surface area contributed by atoms with Gasteiger partial charge in [-0.25, -0.2) is 0 Å². The molecule has 0 aliphatic carbocycles. The van der Waals surface area contributed by atoms with Crippen molar-refractivity contribution in [3.63, 3.8) is 0 Å². The molecule has 1 nitrogen and oxygen atoms in total. The van der Waals surface area contributed by atoms with Crippen molar-refractivity contribution >= 4 is 26.9 Å². The molecule has 0 aliphatic rings. The molecular weight excluding hydrogens is 267 g/mol. The maximum absolute atomic E-state index is 11.0. The summed E-state index contributed by atoms with van der Waals surface area (Å²) in [4.78, 5) is 11.0. The summed E-state index contributed by atoms with van der Waals surface area (Å²) in [5.41, 5.74) is 1.39. The van der Waals surface area contributed by atoms with E-state index in [1.807, 2.05) is 6.07 Å². The second-order valence-corrected chi connectivity index (χ2v) is 7.84.